The van der Waals surface area contributed by atoms with Gasteiger partial charge in [0.1, 0.15) is 5.69 Å². The first kappa shape index (κ1) is 14.1. The Hall–Kier alpha value is -2.86. The molecule has 0 atom stereocenters. The molecule has 108 valence electrons. The number of hydrogen-bond donors (Lipinski definition) is 0. The molecule has 3 nitrogen and oxygen atoms in total. The Balaban J connectivity index is 1.85. The second-order valence-corrected chi connectivity index (χ2v) is 5.19. The third-order valence-corrected chi connectivity index (χ3v) is 3.58. The van der Waals surface area contributed by atoms with Gasteiger partial charge >= 0.3 is 0 Å². The normalized spacial score (nSPS) is 10.4. The van der Waals surface area contributed by atoms with E-state index in [0.717, 1.165) is 35.3 Å². The summed E-state index contributed by atoms with van der Waals surface area (Å²) in [5, 5.41) is 8.45. The van der Waals surface area contributed by atoms with Crippen LogP contribution in [-0.4, -0.2) is 15.0 Å². The number of benzene rings is 2. The molecule has 0 amide bonds. The topological polar surface area (TPSA) is 30.7 Å². The molecule has 0 aliphatic heterocycles. The zero-order valence-corrected chi connectivity index (χ0v) is 12.5. The van der Waals surface area contributed by atoms with E-state index >= 15 is 0 Å². The van der Waals surface area contributed by atoms with Crippen LogP contribution in [0, 0.1) is 12.3 Å². The van der Waals surface area contributed by atoms with Crippen LogP contribution in [-0.2, 0) is 6.42 Å². The van der Waals surface area contributed by atoms with Crippen LogP contribution in [0.3, 0.4) is 0 Å². The molecule has 3 rings (SSSR count). The number of nitrogens with zero attached hydrogens (tertiary/aromatic N) is 3. The van der Waals surface area contributed by atoms with Gasteiger partial charge in [0.25, 0.3) is 0 Å². The number of hydrogen-bond acceptors (Lipinski definition) is 2. The highest BCUT2D eigenvalue weighted by Crippen LogP contribution is 2.19. The van der Waals surface area contributed by atoms with E-state index in [-0.39, 0.29) is 0 Å². The smallest absolute Gasteiger partial charge is 0.113 e. The second-order valence-electron chi connectivity index (χ2n) is 5.19. The van der Waals surface area contributed by atoms with E-state index in [4.69, 9.17) is 6.42 Å². The number of terminal acetylenes is 1. The highest BCUT2D eigenvalue weighted by molar-refractivity contribution is 5.58. The summed E-state index contributed by atoms with van der Waals surface area (Å²) in [6, 6.07) is 16.2. The Kier molecular flexibility index (Phi) is 4.02. The maximum atomic E-state index is 5.37. The van der Waals surface area contributed by atoms with Gasteiger partial charge in [-0.05, 0) is 36.2 Å². The Morgan fingerprint density at radius 1 is 1.05 bits per heavy atom. The summed E-state index contributed by atoms with van der Waals surface area (Å²) in [4.78, 5) is 0. The highest BCUT2D eigenvalue weighted by atomic mass is 15.4. The Labute approximate surface area is 130 Å². The van der Waals surface area contributed by atoms with E-state index < -0.39 is 0 Å². The van der Waals surface area contributed by atoms with Crippen molar-refractivity contribution in [3.63, 3.8) is 0 Å². The van der Waals surface area contributed by atoms with E-state index in [1.54, 1.807) is 4.68 Å². The summed E-state index contributed by atoms with van der Waals surface area (Å²) >= 11 is 0. The van der Waals surface area contributed by atoms with Crippen molar-refractivity contribution >= 4 is 0 Å². The van der Waals surface area contributed by atoms with Crippen LogP contribution in [0.1, 0.15) is 24.5 Å². The van der Waals surface area contributed by atoms with Crippen LogP contribution in [0.15, 0.2) is 54.7 Å². The monoisotopic (exact) mass is 287 g/mol. The van der Waals surface area contributed by atoms with Gasteiger partial charge in [0.2, 0.25) is 0 Å². The Bertz CT molecular complexity index is 790. The molecule has 1 heterocycles. The standard InChI is InChI=1S/C19H17N3/c1-3-5-16-6-10-17(11-7-16)19-14-22(21-20-19)18-12-8-15(4-2)9-13-18/h2,6-14H,3,5H2,1H3. The molecule has 0 saturated heterocycles. The van der Waals surface area contributed by atoms with Crippen LogP contribution >= 0.6 is 0 Å². The van der Waals surface area contributed by atoms with Gasteiger partial charge in [-0.3, -0.25) is 0 Å². The van der Waals surface area contributed by atoms with E-state index in [1.165, 1.54) is 5.56 Å². The maximum Gasteiger partial charge on any atom is 0.113 e. The molecule has 0 fully saturated rings. The van der Waals surface area contributed by atoms with Gasteiger partial charge in [-0.1, -0.05) is 48.7 Å². The van der Waals surface area contributed by atoms with Crippen LogP contribution in [0.4, 0.5) is 0 Å². The summed E-state index contributed by atoms with van der Waals surface area (Å²) in [6.07, 6.45) is 9.56. The molecule has 1 aromatic heterocycles. The van der Waals surface area contributed by atoms with Crippen molar-refractivity contribution < 1.29 is 0 Å². The van der Waals surface area contributed by atoms with Crippen LogP contribution in [0.5, 0.6) is 0 Å². The van der Waals surface area contributed by atoms with Crippen molar-refractivity contribution in [2.24, 2.45) is 0 Å². The van der Waals surface area contributed by atoms with Gasteiger partial charge in [-0.25, -0.2) is 4.68 Å². The Morgan fingerprint density at radius 3 is 2.41 bits per heavy atom. The van der Waals surface area contributed by atoms with Crippen molar-refractivity contribution in [2.75, 3.05) is 0 Å². The molecule has 0 radical (unpaired) electrons. The lowest BCUT2D eigenvalue weighted by molar-refractivity contribution is 0.804. The summed E-state index contributed by atoms with van der Waals surface area (Å²) in [7, 11) is 0. The molecule has 3 heteroatoms. The first-order valence-electron chi connectivity index (χ1n) is 7.39. The van der Waals surface area contributed by atoms with E-state index in [1.807, 2.05) is 30.5 Å². The van der Waals surface area contributed by atoms with Crippen LogP contribution < -0.4 is 0 Å². The fourth-order valence-electron chi connectivity index (χ4n) is 2.36. The molecular formula is C19H17N3. The summed E-state index contributed by atoms with van der Waals surface area (Å²) in [5.74, 6) is 2.61. The molecule has 2 aromatic carbocycles. The lowest BCUT2D eigenvalue weighted by Gasteiger charge is -2.01. The van der Waals surface area contributed by atoms with Crippen LogP contribution in [0.25, 0.3) is 16.9 Å². The van der Waals surface area contributed by atoms with E-state index in [0.29, 0.717) is 0 Å². The highest BCUT2D eigenvalue weighted by Gasteiger charge is 2.05. The van der Waals surface area contributed by atoms with Crippen molar-refractivity contribution in [3.8, 4) is 29.3 Å². The van der Waals surface area contributed by atoms with E-state index in [9.17, 15) is 0 Å². The first-order chi connectivity index (χ1) is 10.8. The third kappa shape index (κ3) is 2.91. The molecule has 0 spiro atoms. The minimum absolute atomic E-state index is 0.857. The number of rotatable bonds is 4. The predicted octanol–water partition coefficient (Wildman–Crippen LogP) is 3.87. The first-order valence-corrected chi connectivity index (χ1v) is 7.39. The minimum Gasteiger partial charge on any atom is -0.220 e. The summed E-state index contributed by atoms with van der Waals surface area (Å²) in [6.45, 7) is 2.19. The predicted molar refractivity (Wildman–Crippen MR) is 88.7 cm³/mol. The molecule has 0 aliphatic carbocycles. The molecule has 3 aromatic rings. The number of aromatic nitrogens is 3. The molecule has 0 unspecified atom stereocenters. The molecule has 22 heavy (non-hydrogen) atoms. The van der Waals surface area contributed by atoms with Crippen molar-refractivity contribution in [3.05, 3.63) is 65.9 Å². The SMILES string of the molecule is C#Cc1ccc(-n2cc(-c3ccc(CCC)cc3)nn2)cc1. The minimum atomic E-state index is 0.857. The second kappa shape index (κ2) is 6.28. The fourth-order valence-corrected chi connectivity index (χ4v) is 2.36. The number of aryl methyl sites for hydroxylation is 1. The van der Waals surface area contributed by atoms with E-state index in [2.05, 4.69) is 47.4 Å². The van der Waals surface area contributed by atoms with Gasteiger partial charge in [0.15, 0.2) is 0 Å². The fraction of sp³-hybridized carbons (Fsp3) is 0.158. The average molecular weight is 287 g/mol. The molecular weight excluding hydrogens is 270 g/mol. The van der Waals surface area contributed by atoms with Crippen LogP contribution in [0.2, 0.25) is 0 Å². The van der Waals surface area contributed by atoms with Gasteiger partial charge in [0.05, 0.1) is 11.9 Å². The third-order valence-electron chi connectivity index (χ3n) is 3.58. The van der Waals surface area contributed by atoms with Gasteiger partial charge in [0, 0.05) is 11.1 Å². The molecule has 0 saturated carbocycles. The average Bonchev–Trinajstić information content (AvgIpc) is 3.06. The quantitative estimate of drug-likeness (QED) is 0.682. The largest absolute Gasteiger partial charge is 0.220 e. The van der Waals surface area contributed by atoms with Gasteiger partial charge < -0.3 is 0 Å². The maximum absolute atomic E-state index is 5.37. The summed E-state index contributed by atoms with van der Waals surface area (Å²) < 4.78 is 1.76. The molecule has 0 bridgehead atoms. The van der Waals surface area contributed by atoms with Crippen molar-refractivity contribution in [1.82, 2.24) is 15.0 Å². The Morgan fingerprint density at radius 2 is 1.77 bits per heavy atom. The zero-order chi connectivity index (χ0) is 15.4. The lowest BCUT2D eigenvalue weighted by Crippen LogP contribution is -1.94. The molecule has 0 aliphatic rings. The molecule has 0 N–H and O–H groups in total. The van der Waals surface area contributed by atoms with Gasteiger partial charge in [-0.15, -0.1) is 11.5 Å². The zero-order valence-electron chi connectivity index (χ0n) is 12.5. The lowest BCUT2D eigenvalue weighted by atomic mass is 10.1. The van der Waals surface area contributed by atoms with Crippen molar-refractivity contribution in [1.29, 1.82) is 0 Å². The van der Waals surface area contributed by atoms with Crippen molar-refractivity contribution in [2.45, 2.75) is 19.8 Å². The summed E-state index contributed by atoms with van der Waals surface area (Å²) in [5.41, 5.74) is 5.09. The van der Waals surface area contributed by atoms with Gasteiger partial charge in [-0.2, -0.15) is 0 Å².